The van der Waals surface area contributed by atoms with Gasteiger partial charge in [-0.3, -0.25) is 4.79 Å². The molecule has 0 bridgehead atoms. The number of nitrogens with one attached hydrogen (secondary N) is 1. The molecule has 3 unspecified atom stereocenters. The van der Waals surface area contributed by atoms with E-state index in [9.17, 15) is 18.0 Å². The summed E-state index contributed by atoms with van der Waals surface area (Å²) in [7, 11) is 1.78. The molecule has 1 aromatic carbocycles. The van der Waals surface area contributed by atoms with E-state index in [1.807, 2.05) is 0 Å². The second kappa shape index (κ2) is 7.81. The number of benzene rings is 1. The van der Waals surface area contributed by atoms with Gasteiger partial charge in [0.25, 0.3) is 0 Å². The molecular weight excluding hydrogens is 307 g/mol. The number of carbonyl (C=O) groups excluding carboxylic acids is 1. The Labute approximate surface area is 134 Å². The summed E-state index contributed by atoms with van der Waals surface area (Å²) in [6, 6.07) is 2.06. The zero-order chi connectivity index (χ0) is 17.0. The van der Waals surface area contributed by atoms with E-state index in [1.165, 1.54) is 0 Å². The maximum atomic E-state index is 13.6. The van der Waals surface area contributed by atoms with E-state index in [-0.39, 0.29) is 30.3 Å². The Morgan fingerprint density at radius 1 is 1.26 bits per heavy atom. The van der Waals surface area contributed by atoms with E-state index in [0.29, 0.717) is 12.2 Å². The molecule has 1 saturated carbocycles. The number of carbonyl (C=O) groups is 1. The smallest absolute Gasteiger partial charge is 0.306 e. The van der Waals surface area contributed by atoms with Crippen LogP contribution in [-0.2, 0) is 9.53 Å². The van der Waals surface area contributed by atoms with Gasteiger partial charge in [-0.2, -0.15) is 0 Å². The van der Waals surface area contributed by atoms with Crippen molar-refractivity contribution in [1.29, 1.82) is 0 Å². The van der Waals surface area contributed by atoms with Crippen LogP contribution in [0.1, 0.15) is 44.1 Å². The van der Waals surface area contributed by atoms with Crippen LogP contribution in [-0.4, -0.2) is 25.7 Å². The van der Waals surface area contributed by atoms with Gasteiger partial charge in [-0.25, -0.2) is 13.2 Å². The third-order valence-corrected chi connectivity index (χ3v) is 4.53. The first-order chi connectivity index (χ1) is 11.0. The molecule has 0 heterocycles. The van der Waals surface area contributed by atoms with Crippen molar-refractivity contribution in [2.45, 2.75) is 44.6 Å². The second-order valence-corrected chi connectivity index (χ2v) is 5.92. The van der Waals surface area contributed by atoms with Crippen molar-refractivity contribution >= 4 is 5.97 Å². The number of rotatable bonds is 5. The quantitative estimate of drug-likeness (QED) is 0.663. The summed E-state index contributed by atoms with van der Waals surface area (Å²) in [4.78, 5) is 11.8. The van der Waals surface area contributed by atoms with Gasteiger partial charge in [-0.05, 0) is 50.4 Å². The monoisotopic (exact) mass is 329 g/mol. The van der Waals surface area contributed by atoms with Crippen LogP contribution in [0.2, 0.25) is 0 Å². The van der Waals surface area contributed by atoms with E-state index in [0.717, 1.165) is 31.4 Å². The lowest BCUT2D eigenvalue weighted by Gasteiger charge is -2.38. The van der Waals surface area contributed by atoms with Crippen LogP contribution in [0.3, 0.4) is 0 Å². The molecule has 0 amide bonds. The molecule has 0 aromatic heterocycles. The first-order valence-corrected chi connectivity index (χ1v) is 7.95. The van der Waals surface area contributed by atoms with Crippen LogP contribution in [0.15, 0.2) is 12.1 Å². The van der Waals surface area contributed by atoms with Crippen molar-refractivity contribution < 1.29 is 22.7 Å². The van der Waals surface area contributed by atoms with Crippen LogP contribution in [0.25, 0.3) is 0 Å². The lowest BCUT2D eigenvalue weighted by molar-refractivity contribution is -0.144. The summed E-state index contributed by atoms with van der Waals surface area (Å²) in [5, 5.41) is 3.15. The number of likely N-dealkylation sites (N-methyl/N-ethyl adjacent to an activating group) is 1. The van der Waals surface area contributed by atoms with Crippen molar-refractivity contribution in [2.75, 3.05) is 13.7 Å². The number of hydrogen-bond donors (Lipinski definition) is 1. The maximum absolute atomic E-state index is 13.6. The molecule has 0 radical (unpaired) electrons. The Morgan fingerprint density at radius 3 is 2.48 bits per heavy atom. The molecule has 1 aliphatic rings. The third-order valence-electron chi connectivity index (χ3n) is 4.53. The summed E-state index contributed by atoms with van der Waals surface area (Å²) >= 11 is 0. The van der Waals surface area contributed by atoms with E-state index < -0.39 is 17.5 Å². The van der Waals surface area contributed by atoms with E-state index in [2.05, 4.69) is 5.32 Å². The summed E-state index contributed by atoms with van der Waals surface area (Å²) < 4.78 is 45.4. The number of esters is 1. The van der Waals surface area contributed by atoms with Crippen LogP contribution in [0.4, 0.5) is 13.2 Å². The van der Waals surface area contributed by atoms with Gasteiger partial charge in [0.1, 0.15) is 0 Å². The fraction of sp³-hybridized carbons (Fsp3) is 0.588. The predicted octanol–water partition coefficient (Wildman–Crippen LogP) is 3.53. The van der Waals surface area contributed by atoms with Crippen LogP contribution >= 0.6 is 0 Å². The molecule has 3 nitrogen and oxygen atoms in total. The van der Waals surface area contributed by atoms with Crippen molar-refractivity contribution in [3.8, 4) is 0 Å². The van der Waals surface area contributed by atoms with Gasteiger partial charge in [0.15, 0.2) is 17.5 Å². The summed E-state index contributed by atoms with van der Waals surface area (Å²) in [6.45, 7) is 2.03. The topological polar surface area (TPSA) is 38.3 Å². The lowest BCUT2D eigenvalue weighted by atomic mass is 9.71. The zero-order valence-electron chi connectivity index (χ0n) is 13.4. The first-order valence-electron chi connectivity index (χ1n) is 7.95. The van der Waals surface area contributed by atoms with E-state index >= 15 is 0 Å². The van der Waals surface area contributed by atoms with Gasteiger partial charge in [0.2, 0.25) is 0 Å². The number of hydrogen-bond acceptors (Lipinski definition) is 3. The Hall–Kier alpha value is -1.56. The highest BCUT2D eigenvalue weighted by molar-refractivity contribution is 5.69. The van der Waals surface area contributed by atoms with Gasteiger partial charge < -0.3 is 10.1 Å². The van der Waals surface area contributed by atoms with Gasteiger partial charge in [-0.1, -0.05) is 6.42 Å². The van der Waals surface area contributed by atoms with Crippen molar-refractivity contribution in [2.24, 2.45) is 5.92 Å². The standard InChI is InChI=1S/C17H22F3NO2/c1-3-23-15(22)9-10-5-4-6-14(21-2)16(10)11-7-12(18)17(20)13(19)8-11/h7-8,10,14,16,21H,3-6,9H2,1-2H3. The molecule has 3 atom stereocenters. The molecule has 2 rings (SSSR count). The minimum absolute atomic E-state index is 0.0209. The van der Waals surface area contributed by atoms with E-state index in [1.54, 1.807) is 14.0 Å². The molecular formula is C17H22F3NO2. The average Bonchev–Trinajstić information content (AvgIpc) is 2.52. The molecule has 0 saturated heterocycles. The molecule has 0 spiro atoms. The van der Waals surface area contributed by atoms with Gasteiger partial charge in [0.05, 0.1) is 6.61 Å². The van der Waals surface area contributed by atoms with Crippen molar-refractivity contribution in [3.05, 3.63) is 35.1 Å². The second-order valence-electron chi connectivity index (χ2n) is 5.92. The third kappa shape index (κ3) is 4.05. The van der Waals surface area contributed by atoms with Gasteiger partial charge in [-0.15, -0.1) is 0 Å². The van der Waals surface area contributed by atoms with Crippen molar-refractivity contribution in [3.63, 3.8) is 0 Å². The zero-order valence-corrected chi connectivity index (χ0v) is 13.4. The summed E-state index contributed by atoms with van der Waals surface area (Å²) in [5.41, 5.74) is 0.384. The molecule has 128 valence electrons. The Kier molecular flexibility index (Phi) is 6.04. The van der Waals surface area contributed by atoms with Gasteiger partial charge >= 0.3 is 5.97 Å². The largest absolute Gasteiger partial charge is 0.466 e. The SMILES string of the molecule is CCOC(=O)CC1CCCC(NC)C1c1cc(F)c(F)c(F)c1. The van der Waals surface area contributed by atoms with Gasteiger partial charge in [0, 0.05) is 18.4 Å². The number of halogens is 3. The summed E-state index contributed by atoms with van der Waals surface area (Å²) in [6.07, 6.45) is 2.71. The Morgan fingerprint density at radius 2 is 1.91 bits per heavy atom. The summed E-state index contributed by atoms with van der Waals surface area (Å²) in [5.74, 6) is -4.53. The highest BCUT2D eigenvalue weighted by Crippen LogP contribution is 2.40. The normalized spacial score (nSPS) is 24.5. The number of ether oxygens (including phenoxy) is 1. The van der Waals surface area contributed by atoms with Crippen LogP contribution < -0.4 is 5.32 Å². The maximum Gasteiger partial charge on any atom is 0.306 e. The van der Waals surface area contributed by atoms with Crippen LogP contribution in [0, 0.1) is 23.4 Å². The lowest BCUT2D eigenvalue weighted by Crippen LogP contribution is -2.40. The molecule has 23 heavy (non-hydrogen) atoms. The highest BCUT2D eigenvalue weighted by atomic mass is 19.2. The molecule has 1 N–H and O–H groups in total. The molecule has 1 aliphatic carbocycles. The minimum Gasteiger partial charge on any atom is -0.466 e. The van der Waals surface area contributed by atoms with E-state index in [4.69, 9.17) is 4.74 Å². The minimum atomic E-state index is -1.47. The average molecular weight is 329 g/mol. The van der Waals surface area contributed by atoms with Crippen LogP contribution in [0.5, 0.6) is 0 Å². The molecule has 6 heteroatoms. The fourth-order valence-corrected chi connectivity index (χ4v) is 3.55. The molecule has 1 aromatic rings. The Bertz CT molecular complexity index is 542. The first kappa shape index (κ1) is 17.8. The fourth-order valence-electron chi connectivity index (χ4n) is 3.55. The van der Waals surface area contributed by atoms with Crippen molar-refractivity contribution in [1.82, 2.24) is 5.32 Å². The predicted molar refractivity (Wildman–Crippen MR) is 80.5 cm³/mol. The Balaban J connectivity index is 2.32. The molecule has 1 fully saturated rings. The molecule has 0 aliphatic heterocycles. The highest BCUT2D eigenvalue weighted by Gasteiger charge is 2.36.